The molecular formula is C11H16N2O2S. The maximum absolute atomic E-state index is 11.9. The Morgan fingerprint density at radius 2 is 2.31 bits per heavy atom. The molecule has 5 heteroatoms. The Kier molecular flexibility index (Phi) is 3.56. The van der Waals surface area contributed by atoms with E-state index in [1.165, 1.54) is 11.5 Å². The Bertz CT molecular complexity index is 378. The maximum atomic E-state index is 11.9. The lowest BCUT2D eigenvalue weighted by Crippen LogP contribution is -2.45. The van der Waals surface area contributed by atoms with Gasteiger partial charge in [-0.25, -0.2) is 0 Å². The first-order valence-corrected chi connectivity index (χ1v) is 6.42. The zero-order valence-electron chi connectivity index (χ0n) is 9.27. The van der Waals surface area contributed by atoms with E-state index in [0.717, 1.165) is 31.4 Å². The third kappa shape index (κ3) is 2.41. The van der Waals surface area contributed by atoms with E-state index < -0.39 is 6.10 Å². The predicted molar refractivity (Wildman–Crippen MR) is 62.6 cm³/mol. The van der Waals surface area contributed by atoms with Crippen molar-refractivity contribution in [2.75, 3.05) is 0 Å². The third-order valence-electron chi connectivity index (χ3n) is 3.04. The molecule has 16 heavy (non-hydrogen) atoms. The summed E-state index contributed by atoms with van der Waals surface area (Å²) >= 11 is 1.28. The highest BCUT2D eigenvalue weighted by molar-refractivity contribution is 7.03. The van der Waals surface area contributed by atoms with Crippen LogP contribution in [-0.4, -0.2) is 27.5 Å². The number of aliphatic hydroxyl groups excluding tert-OH is 1. The molecule has 88 valence electrons. The van der Waals surface area contributed by atoms with Gasteiger partial charge in [0, 0.05) is 5.38 Å². The van der Waals surface area contributed by atoms with Crippen molar-refractivity contribution in [3.05, 3.63) is 16.6 Å². The molecule has 2 unspecified atom stereocenters. The lowest BCUT2D eigenvalue weighted by Gasteiger charge is -2.28. The molecule has 1 aliphatic carbocycles. The Balaban J connectivity index is 1.99. The number of nitrogens with zero attached hydrogens (tertiary/aromatic N) is 1. The van der Waals surface area contributed by atoms with E-state index in [1.807, 2.05) is 6.92 Å². The van der Waals surface area contributed by atoms with Crippen LogP contribution in [-0.2, 0) is 0 Å². The summed E-state index contributed by atoms with van der Waals surface area (Å²) in [7, 11) is 0. The molecule has 1 fully saturated rings. The van der Waals surface area contributed by atoms with Crippen molar-refractivity contribution < 1.29 is 9.90 Å². The van der Waals surface area contributed by atoms with Crippen LogP contribution in [0.5, 0.6) is 0 Å². The summed E-state index contributed by atoms with van der Waals surface area (Å²) in [5.74, 6) is -0.114. The third-order valence-corrected chi connectivity index (χ3v) is 3.76. The van der Waals surface area contributed by atoms with E-state index in [0.29, 0.717) is 5.56 Å². The predicted octanol–water partition coefficient (Wildman–Crippen LogP) is 1.48. The molecule has 2 rings (SSSR count). The zero-order valence-corrected chi connectivity index (χ0v) is 10.1. The molecular weight excluding hydrogens is 224 g/mol. The number of aliphatic hydroxyl groups is 1. The number of amides is 1. The standard InChI is InChI=1S/C11H16N2O2S/c1-7-8(6-16-13-7)11(15)12-9-4-2-3-5-10(9)14/h6,9-10,14H,2-5H2,1H3,(H,12,15). The SMILES string of the molecule is Cc1nscc1C(=O)NC1CCCCC1O. The maximum Gasteiger partial charge on any atom is 0.254 e. The topological polar surface area (TPSA) is 62.2 Å². The van der Waals surface area contributed by atoms with Crippen LogP contribution in [0.4, 0.5) is 0 Å². The van der Waals surface area contributed by atoms with Crippen molar-refractivity contribution in [2.24, 2.45) is 0 Å². The molecule has 2 N–H and O–H groups in total. The van der Waals surface area contributed by atoms with Gasteiger partial charge in [0.05, 0.1) is 23.4 Å². The fourth-order valence-electron chi connectivity index (χ4n) is 2.04. The Hall–Kier alpha value is -0.940. The van der Waals surface area contributed by atoms with Crippen molar-refractivity contribution >= 4 is 17.4 Å². The molecule has 0 aliphatic heterocycles. The van der Waals surface area contributed by atoms with Gasteiger partial charge in [-0.05, 0) is 31.3 Å². The quantitative estimate of drug-likeness (QED) is 0.823. The first kappa shape index (κ1) is 11.5. The van der Waals surface area contributed by atoms with Gasteiger partial charge in [-0.2, -0.15) is 4.37 Å². The summed E-state index contributed by atoms with van der Waals surface area (Å²) in [6, 6.07) is -0.0967. The van der Waals surface area contributed by atoms with Crippen LogP contribution in [0.3, 0.4) is 0 Å². The number of carbonyl (C=O) groups excluding carboxylic acids is 1. The molecule has 0 radical (unpaired) electrons. The molecule has 2 atom stereocenters. The minimum Gasteiger partial charge on any atom is -0.391 e. The minimum atomic E-state index is -0.399. The summed E-state index contributed by atoms with van der Waals surface area (Å²) in [5.41, 5.74) is 1.38. The van der Waals surface area contributed by atoms with Crippen molar-refractivity contribution in [2.45, 2.75) is 44.8 Å². The second-order valence-electron chi connectivity index (χ2n) is 4.25. The molecule has 0 bridgehead atoms. The van der Waals surface area contributed by atoms with Crippen LogP contribution >= 0.6 is 11.5 Å². The van der Waals surface area contributed by atoms with Crippen molar-refractivity contribution in [3.8, 4) is 0 Å². The number of carbonyl (C=O) groups is 1. The average molecular weight is 240 g/mol. The molecule has 1 amide bonds. The highest BCUT2D eigenvalue weighted by Crippen LogP contribution is 2.19. The molecule has 1 aromatic heterocycles. The van der Waals surface area contributed by atoms with E-state index in [9.17, 15) is 9.90 Å². The van der Waals surface area contributed by atoms with Gasteiger partial charge >= 0.3 is 0 Å². The largest absolute Gasteiger partial charge is 0.391 e. The average Bonchev–Trinajstić information content (AvgIpc) is 2.68. The normalized spacial score (nSPS) is 25.4. The Morgan fingerprint density at radius 3 is 2.94 bits per heavy atom. The van der Waals surface area contributed by atoms with E-state index in [2.05, 4.69) is 9.69 Å². The first-order valence-electron chi connectivity index (χ1n) is 5.58. The minimum absolute atomic E-state index is 0.0967. The first-order chi connectivity index (χ1) is 7.68. The van der Waals surface area contributed by atoms with E-state index >= 15 is 0 Å². The molecule has 1 heterocycles. The van der Waals surface area contributed by atoms with Crippen LogP contribution < -0.4 is 5.32 Å². The number of nitrogens with one attached hydrogen (secondary N) is 1. The van der Waals surface area contributed by atoms with Crippen LogP contribution in [0, 0.1) is 6.92 Å². The Morgan fingerprint density at radius 1 is 1.56 bits per heavy atom. The lowest BCUT2D eigenvalue weighted by molar-refractivity contribution is 0.0717. The van der Waals surface area contributed by atoms with Gasteiger partial charge in [-0.15, -0.1) is 0 Å². The molecule has 4 nitrogen and oxygen atoms in total. The Labute approximate surface area is 98.9 Å². The van der Waals surface area contributed by atoms with Gasteiger partial charge in [0.25, 0.3) is 5.91 Å². The molecule has 1 aliphatic rings. The number of aryl methyl sites for hydroxylation is 1. The fraction of sp³-hybridized carbons (Fsp3) is 0.636. The number of aromatic nitrogens is 1. The second-order valence-corrected chi connectivity index (χ2v) is 4.87. The van der Waals surface area contributed by atoms with Crippen LogP contribution in [0.15, 0.2) is 5.38 Å². The van der Waals surface area contributed by atoms with Gasteiger partial charge in [-0.1, -0.05) is 12.8 Å². The molecule has 0 aromatic carbocycles. The van der Waals surface area contributed by atoms with Gasteiger partial charge in [-0.3, -0.25) is 4.79 Å². The summed E-state index contributed by atoms with van der Waals surface area (Å²) < 4.78 is 4.07. The lowest BCUT2D eigenvalue weighted by atomic mass is 9.92. The summed E-state index contributed by atoms with van der Waals surface area (Å²) in [6.07, 6.45) is 3.37. The monoisotopic (exact) mass is 240 g/mol. The highest BCUT2D eigenvalue weighted by Gasteiger charge is 2.25. The molecule has 1 saturated carbocycles. The summed E-state index contributed by atoms with van der Waals surface area (Å²) in [6.45, 7) is 1.82. The molecule has 0 saturated heterocycles. The van der Waals surface area contributed by atoms with Crippen molar-refractivity contribution in [1.29, 1.82) is 0 Å². The van der Waals surface area contributed by atoms with Crippen molar-refractivity contribution in [3.63, 3.8) is 0 Å². The summed E-state index contributed by atoms with van der Waals surface area (Å²) in [4.78, 5) is 11.9. The van der Waals surface area contributed by atoms with E-state index in [4.69, 9.17) is 0 Å². The van der Waals surface area contributed by atoms with Crippen LogP contribution in [0.2, 0.25) is 0 Å². The number of rotatable bonds is 2. The highest BCUT2D eigenvalue weighted by atomic mass is 32.1. The van der Waals surface area contributed by atoms with Gasteiger partial charge < -0.3 is 10.4 Å². The number of hydrogen-bond acceptors (Lipinski definition) is 4. The molecule has 1 aromatic rings. The number of hydrogen-bond donors (Lipinski definition) is 2. The van der Waals surface area contributed by atoms with Crippen LogP contribution in [0.25, 0.3) is 0 Å². The van der Waals surface area contributed by atoms with Crippen LogP contribution in [0.1, 0.15) is 41.7 Å². The van der Waals surface area contributed by atoms with E-state index in [-0.39, 0.29) is 11.9 Å². The van der Waals surface area contributed by atoms with Gasteiger partial charge in [0.15, 0.2) is 0 Å². The fourth-order valence-corrected chi connectivity index (χ4v) is 2.73. The molecule has 0 spiro atoms. The zero-order chi connectivity index (χ0) is 11.5. The van der Waals surface area contributed by atoms with Gasteiger partial charge in [0.2, 0.25) is 0 Å². The summed E-state index contributed by atoms with van der Waals surface area (Å²) in [5, 5.41) is 14.4. The van der Waals surface area contributed by atoms with Crippen molar-refractivity contribution in [1.82, 2.24) is 9.69 Å². The smallest absolute Gasteiger partial charge is 0.254 e. The second kappa shape index (κ2) is 4.93. The van der Waals surface area contributed by atoms with Gasteiger partial charge in [0.1, 0.15) is 0 Å². The van der Waals surface area contributed by atoms with E-state index in [1.54, 1.807) is 5.38 Å².